The first-order valence-corrected chi connectivity index (χ1v) is 12.2. The van der Waals surface area contributed by atoms with Crippen LogP contribution in [0.15, 0.2) is 48.7 Å². The summed E-state index contributed by atoms with van der Waals surface area (Å²) in [5.41, 5.74) is 0.930. The lowest BCUT2D eigenvalue weighted by Crippen LogP contribution is -2.51. The zero-order valence-electron chi connectivity index (χ0n) is 21.1. The van der Waals surface area contributed by atoms with Gasteiger partial charge in [0.15, 0.2) is 0 Å². The van der Waals surface area contributed by atoms with Gasteiger partial charge in [-0.3, -0.25) is 19.4 Å². The van der Waals surface area contributed by atoms with Crippen molar-refractivity contribution in [3.63, 3.8) is 0 Å². The first-order chi connectivity index (χ1) is 17.9. The maximum atomic E-state index is 13.1. The molecule has 2 aromatic rings. The van der Waals surface area contributed by atoms with E-state index in [1.807, 2.05) is 30.3 Å². The van der Waals surface area contributed by atoms with Crippen molar-refractivity contribution < 1.29 is 33.8 Å². The summed E-state index contributed by atoms with van der Waals surface area (Å²) >= 11 is 0. The number of carboxylic acid groups (broad SMARTS) is 1. The topological polar surface area (TPSA) is 156 Å². The molecule has 0 radical (unpaired) electrons. The molecule has 1 heterocycles. The van der Waals surface area contributed by atoms with Gasteiger partial charge in [-0.15, -0.1) is 12.4 Å². The number of alkyl carbamates (subject to hydrolysis) is 1. The zero-order chi connectivity index (χ0) is 26.6. The Balaban J connectivity index is 0.00000507. The quantitative estimate of drug-likeness (QED) is 0.295. The number of nitrogens with one attached hydrogen (secondary N) is 3. The van der Waals surface area contributed by atoms with Crippen molar-refractivity contribution >= 4 is 36.3 Å². The van der Waals surface area contributed by atoms with E-state index in [1.165, 1.54) is 19.4 Å². The number of halogens is 1. The monoisotopic (exact) mass is 548 g/mol. The molecule has 1 saturated carbocycles. The fourth-order valence-electron chi connectivity index (χ4n) is 4.15. The molecule has 3 atom stereocenters. The van der Waals surface area contributed by atoms with E-state index in [0.717, 1.165) is 5.56 Å². The van der Waals surface area contributed by atoms with E-state index in [1.54, 1.807) is 6.07 Å². The zero-order valence-corrected chi connectivity index (χ0v) is 21.9. The minimum atomic E-state index is -0.960. The molecule has 1 aliphatic rings. The third kappa shape index (κ3) is 9.22. The molecule has 1 fully saturated rings. The number of methoxy groups -OCH3 is 1. The summed E-state index contributed by atoms with van der Waals surface area (Å²) in [5.74, 6) is -2.24. The Labute approximate surface area is 227 Å². The highest BCUT2D eigenvalue weighted by Gasteiger charge is 2.35. The molecule has 1 aromatic heterocycles. The fourth-order valence-corrected chi connectivity index (χ4v) is 4.15. The number of hydrogen-bond donors (Lipinski definition) is 4. The van der Waals surface area contributed by atoms with Gasteiger partial charge in [0, 0.05) is 24.8 Å². The summed E-state index contributed by atoms with van der Waals surface area (Å²) in [7, 11) is 1.46. The molecule has 1 aromatic carbocycles. The molecule has 11 nitrogen and oxygen atoms in total. The molecule has 4 N–H and O–H groups in total. The average Bonchev–Trinajstić information content (AvgIpc) is 3.38. The number of aliphatic carboxylic acids is 1. The second-order valence-electron chi connectivity index (χ2n) is 8.73. The molecule has 0 saturated heterocycles. The molecule has 0 bridgehead atoms. The Kier molecular flexibility index (Phi) is 12.3. The Hall–Kier alpha value is -3.86. The van der Waals surface area contributed by atoms with Gasteiger partial charge in [0.05, 0.1) is 13.0 Å². The molecule has 3 amide bonds. The van der Waals surface area contributed by atoms with Gasteiger partial charge < -0.3 is 30.5 Å². The van der Waals surface area contributed by atoms with Crippen LogP contribution < -0.4 is 20.7 Å². The number of benzene rings is 1. The number of rotatable bonds is 12. The number of carbonyl (C=O) groups excluding carboxylic acids is 3. The highest BCUT2D eigenvalue weighted by atomic mass is 35.5. The predicted octanol–water partition coefficient (Wildman–Crippen LogP) is 2.69. The maximum Gasteiger partial charge on any atom is 0.407 e. The number of pyridine rings is 1. The van der Waals surface area contributed by atoms with E-state index in [9.17, 15) is 24.3 Å². The smallest absolute Gasteiger partial charge is 0.407 e. The van der Waals surface area contributed by atoms with Gasteiger partial charge in [0.2, 0.25) is 5.91 Å². The molecule has 1 aliphatic carbocycles. The molecule has 206 valence electrons. The van der Waals surface area contributed by atoms with Crippen molar-refractivity contribution in [1.82, 2.24) is 20.9 Å². The summed E-state index contributed by atoms with van der Waals surface area (Å²) in [5, 5.41) is 17.5. The van der Waals surface area contributed by atoms with Crippen LogP contribution >= 0.6 is 12.4 Å². The third-order valence-corrected chi connectivity index (χ3v) is 6.13. The van der Waals surface area contributed by atoms with Crippen LogP contribution in [-0.2, 0) is 20.9 Å². The molecule has 3 rings (SSSR count). The normalized spacial score (nSPS) is 16.9. The van der Waals surface area contributed by atoms with E-state index < -0.39 is 41.9 Å². The van der Waals surface area contributed by atoms with Gasteiger partial charge >= 0.3 is 12.1 Å². The average molecular weight is 549 g/mol. The number of carboxylic acids is 1. The van der Waals surface area contributed by atoms with Crippen molar-refractivity contribution in [2.45, 2.75) is 50.8 Å². The van der Waals surface area contributed by atoms with Gasteiger partial charge in [-0.1, -0.05) is 36.8 Å². The largest absolute Gasteiger partial charge is 0.497 e. The third-order valence-electron chi connectivity index (χ3n) is 6.13. The van der Waals surface area contributed by atoms with Crippen molar-refractivity contribution in [3.05, 3.63) is 59.9 Å². The lowest BCUT2D eigenvalue weighted by Gasteiger charge is -2.23. The van der Waals surface area contributed by atoms with Crippen LogP contribution in [0.2, 0.25) is 0 Å². The second kappa shape index (κ2) is 15.4. The van der Waals surface area contributed by atoms with E-state index in [4.69, 9.17) is 9.47 Å². The predicted molar refractivity (Wildman–Crippen MR) is 140 cm³/mol. The van der Waals surface area contributed by atoms with Crippen LogP contribution in [0.4, 0.5) is 4.79 Å². The van der Waals surface area contributed by atoms with Crippen molar-refractivity contribution in [2.24, 2.45) is 5.92 Å². The van der Waals surface area contributed by atoms with E-state index in [2.05, 4.69) is 20.9 Å². The molecule has 12 heteroatoms. The molecule has 0 spiro atoms. The molecular formula is C26H33ClN4O7. The second-order valence-corrected chi connectivity index (χ2v) is 8.73. The molecule has 0 aliphatic heterocycles. The van der Waals surface area contributed by atoms with Crippen LogP contribution in [0.3, 0.4) is 0 Å². The Morgan fingerprint density at radius 1 is 1.13 bits per heavy atom. The lowest BCUT2D eigenvalue weighted by molar-refractivity contribution is -0.142. The maximum absolute atomic E-state index is 13.1. The number of carbonyl (C=O) groups is 4. The minimum absolute atomic E-state index is 0. The SMILES string of the molecule is COc1ccnc(C(=O)N[C@@H](CCCNC(=O)OCc2ccccc2)C(=O)N[C@H]2CCC[C@H]2C(=O)O)c1.Cl. The number of amides is 3. The summed E-state index contributed by atoms with van der Waals surface area (Å²) in [4.78, 5) is 53.4. The highest BCUT2D eigenvalue weighted by Crippen LogP contribution is 2.26. The van der Waals surface area contributed by atoms with Gasteiger partial charge in [-0.25, -0.2) is 4.79 Å². The van der Waals surface area contributed by atoms with Crippen molar-refractivity contribution in [2.75, 3.05) is 13.7 Å². The minimum Gasteiger partial charge on any atom is -0.497 e. The van der Waals surface area contributed by atoms with E-state index >= 15 is 0 Å². The summed E-state index contributed by atoms with van der Waals surface area (Å²) in [6, 6.07) is 10.8. The summed E-state index contributed by atoms with van der Waals surface area (Å²) in [6.45, 7) is 0.347. The Bertz CT molecular complexity index is 1090. The fraction of sp³-hybridized carbons (Fsp3) is 0.423. The van der Waals surface area contributed by atoms with Crippen LogP contribution in [0.5, 0.6) is 5.75 Å². The van der Waals surface area contributed by atoms with Crippen LogP contribution in [-0.4, -0.2) is 59.7 Å². The van der Waals surface area contributed by atoms with Crippen LogP contribution in [0, 0.1) is 5.92 Å². The van der Waals surface area contributed by atoms with Gasteiger partial charge in [0.1, 0.15) is 24.1 Å². The highest BCUT2D eigenvalue weighted by molar-refractivity contribution is 5.96. The van der Waals surface area contributed by atoms with Crippen LogP contribution in [0.1, 0.15) is 48.2 Å². The Morgan fingerprint density at radius 3 is 2.61 bits per heavy atom. The van der Waals surface area contributed by atoms with Crippen LogP contribution in [0.25, 0.3) is 0 Å². The van der Waals surface area contributed by atoms with Gasteiger partial charge in [0.25, 0.3) is 5.91 Å². The van der Waals surface area contributed by atoms with Gasteiger partial charge in [-0.2, -0.15) is 0 Å². The Morgan fingerprint density at radius 2 is 1.89 bits per heavy atom. The van der Waals surface area contributed by atoms with Crippen molar-refractivity contribution in [3.8, 4) is 5.75 Å². The van der Waals surface area contributed by atoms with Crippen molar-refractivity contribution in [1.29, 1.82) is 0 Å². The van der Waals surface area contributed by atoms with Gasteiger partial charge in [-0.05, 0) is 37.3 Å². The summed E-state index contributed by atoms with van der Waals surface area (Å²) in [6.07, 6.45) is 3.12. The standard InChI is InChI=1S/C26H32N4O7.ClH/c1-36-18-12-14-27-22(15-18)24(32)30-21(23(31)29-20-10-5-9-19(20)25(33)34)11-6-13-28-26(35)37-16-17-7-3-2-4-8-17;/h2-4,7-8,12,14-15,19-21H,5-6,9-11,13,16H2,1H3,(H,28,35)(H,29,31)(H,30,32)(H,33,34);1H/t19-,20+,21+;/m1./s1. The first kappa shape index (κ1) is 30.4. The first-order valence-electron chi connectivity index (χ1n) is 12.2. The number of nitrogens with zero attached hydrogens (tertiary/aromatic N) is 1. The van der Waals surface area contributed by atoms with E-state index in [0.29, 0.717) is 31.4 Å². The number of hydrogen-bond acceptors (Lipinski definition) is 7. The molecular weight excluding hydrogens is 516 g/mol. The lowest BCUT2D eigenvalue weighted by atomic mass is 10.0. The number of ether oxygens (including phenoxy) is 2. The summed E-state index contributed by atoms with van der Waals surface area (Å²) < 4.78 is 10.3. The molecule has 38 heavy (non-hydrogen) atoms. The number of aromatic nitrogens is 1. The molecule has 0 unspecified atom stereocenters. The van der Waals surface area contributed by atoms with E-state index in [-0.39, 0.29) is 37.7 Å².